The summed E-state index contributed by atoms with van der Waals surface area (Å²) >= 11 is 0. The Labute approximate surface area is 165 Å². The summed E-state index contributed by atoms with van der Waals surface area (Å²) in [6, 6.07) is 11.2. The summed E-state index contributed by atoms with van der Waals surface area (Å²) < 4.78 is 40.8. The van der Waals surface area contributed by atoms with Gasteiger partial charge in [0.25, 0.3) is 15.9 Å². The number of nitrogens with one attached hydrogen (secondary N) is 1. The number of halogens is 1. The van der Waals surface area contributed by atoms with Crippen molar-refractivity contribution in [2.45, 2.75) is 17.7 Å². The van der Waals surface area contributed by atoms with Crippen molar-refractivity contribution in [1.29, 1.82) is 0 Å². The van der Waals surface area contributed by atoms with Gasteiger partial charge in [-0.2, -0.15) is 0 Å². The monoisotopic (exact) mass is 405 g/mol. The fourth-order valence-electron chi connectivity index (χ4n) is 3.14. The molecule has 6 nitrogen and oxygen atoms in total. The molecule has 0 bridgehead atoms. The summed E-state index contributed by atoms with van der Waals surface area (Å²) in [5, 5.41) is 0. The molecule has 28 heavy (non-hydrogen) atoms. The number of carbonyl (C=O) groups is 1. The number of carbonyl (C=O) groups excluding carboxylic acids is 1. The smallest absolute Gasteiger partial charge is 0.261 e. The molecule has 0 saturated carbocycles. The number of amides is 1. The molecule has 0 radical (unpaired) electrons. The van der Waals surface area contributed by atoms with Crippen LogP contribution in [0.2, 0.25) is 0 Å². The minimum Gasteiger partial charge on any atom is -0.340 e. The van der Waals surface area contributed by atoms with Gasteiger partial charge in [-0.3, -0.25) is 9.52 Å². The van der Waals surface area contributed by atoms with Crippen LogP contribution < -0.4 is 4.72 Å². The van der Waals surface area contributed by atoms with E-state index in [9.17, 15) is 17.6 Å². The largest absolute Gasteiger partial charge is 0.340 e. The highest BCUT2D eigenvalue weighted by Gasteiger charge is 2.19. The van der Waals surface area contributed by atoms with E-state index < -0.39 is 15.8 Å². The molecule has 1 aliphatic rings. The van der Waals surface area contributed by atoms with Crippen LogP contribution in [0.15, 0.2) is 53.4 Å². The van der Waals surface area contributed by atoms with E-state index in [1.54, 1.807) is 18.0 Å². The van der Waals surface area contributed by atoms with Crippen LogP contribution >= 0.6 is 0 Å². The molecule has 1 aliphatic heterocycles. The van der Waals surface area contributed by atoms with Crippen molar-refractivity contribution in [1.82, 2.24) is 9.80 Å². The highest BCUT2D eigenvalue weighted by atomic mass is 32.2. The molecule has 0 spiro atoms. The zero-order chi connectivity index (χ0) is 20.1. The van der Waals surface area contributed by atoms with Gasteiger partial charge >= 0.3 is 0 Å². The molecular weight excluding hydrogens is 381 g/mol. The predicted octanol–water partition coefficient (Wildman–Crippen LogP) is 2.79. The van der Waals surface area contributed by atoms with Gasteiger partial charge in [0.2, 0.25) is 0 Å². The van der Waals surface area contributed by atoms with Crippen LogP contribution in [-0.4, -0.2) is 57.4 Å². The average molecular weight is 405 g/mol. The third-order valence-corrected chi connectivity index (χ3v) is 6.21. The molecule has 0 unspecified atom stereocenters. The van der Waals surface area contributed by atoms with E-state index in [1.807, 2.05) is 0 Å². The lowest BCUT2D eigenvalue weighted by Crippen LogP contribution is -2.35. The van der Waals surface area contributed by atoms with Crippen molar-refractivity contribution >= 4 is 21.6 Å². The molecule has 2 aromatic rings. The zero-order valence-electron chi connectivity index (χ0n) is 15.8. The Hall–Kier alpha value is -2.45. The summed E-state index contributed by atoms with van der Waals surface area (Å²) in [5.41, 5.74) is 0.290. The SMILES string of the molecule is CN(CCN1CCCC1)C(=O)c1ccc(S(=O)(=O)Nc2ccccc2F)cc1. The quantitative estimate of drug-likeness (QED) is 0.769. The first-order valence-electron chi connectivity index (χ1n) is 9.22. The minimum absolute atomic E-state index is 0.0352. The van der Waals surface area contributed by atoms with Crippen molar-refractivity contribution in [2.24, 2.45) is 0 Å². The summed E-state index contributed by atoms with van der Waals surface area (Å²) in [4.78, 5) is 16.5. The maximum absolute atomic E-state index is 13.7. The molecule has 0 aliphatic carbocycles. The van der Waals surface area contributed by atoms with E-state index in [1.165, 1.54) is 55.3 Å². The minimum atomic E-state index is -3.94. The molecule has 0 aromatic heterocycles. The Morgan fingerprint density at radius 3 is 2.39 bits per heavy atom. The van der Waals surface area contributed by atoms with Gasteiger partial charge in [-0.25, -0.2) is 12.8 Å². The maximum atomic E-state index is 13.7. The number of sulfonamides is 1. The van der Waals surface area contributed by atoms with Gasteiger partial charge in [0, 0.05) is 25.7 Å². The number of likely N-dealkylation sites (N-methyl/N-ethyl adjacent to an activating group) is 1. The molecule has 1 amide bonds. The van der Waals surface area contributed by atoms with Gasteiger partial charge in [-0.15, -0.1) is 0 Å². The van der Waals surface area contributed by atoms with Gasteiger partial charge in [0.15, 0.2) is 0 Å². The summed E-state index contributed by atoms with van der Waals surface area (Å²) in [6.07, 6.45) is 2.41. The number of rotatable bonds is 7. The molecule has 1 N–H and O–H groups in total. The average Bonchev–Trinajstić information content (AvgIpc) is 3.21. The summed E-state index contributed by atoms with van der Waals surface area (Å²) in [6.45, 7) is 3.60. The maximum Gasteiger partial charge on any atom is 0.261 e. The first-order valence-corrected chi connectivity index (χ1v) is 10.7. The van der Waals surface area contributed by atoms with E-state index in [-0.39, 0.29) is 16.5 Å². The molecular formula is C20H24FN3O3S. The second-order valence-corrected chi connectivity index (χ2v) is 8.57. The Bertz CT molecular complexity index is 926. The molecule has 2 aromatic carbocycles. The van der Waals surface area contributed by atoms with E-state index in [4.69, 9.17) is 0 Å². The van der Waals surface area contributed by atoms with Crippen molar-refractivity contribution in [3.63, 3.8) is 0 Å². The molecule has 1 heterocycles. The molecule has 3 rings (SSSR count). The van der Waals surface area contributed by atoms with Crippen molar-refractivity contribution in [3.05, 3.63) is 59.9 Å². The van der Waals surface area contributed by atoms with Crippen LogP contribution in [0.4, 0.5) is 10.1 Å². The van der Waals surface area contributed by atoms with Crippen molar-refractivity contribution in [2.75, 3.05) is 37.9 Å². The van der Waals surface area contributed by atoms with Gasteiger partial charge in [0.1, 0.15) is 5.82 Å². The van der Waals surface area contributed by atoms with E-state index in [0.29, 0.717) is 12.1 Å². The van der Waals surface area contributed by atoms with Crippen LogP contribution in [0.5, 0.6) is 0 Å². The lowest BCUT2D eigenvalue weighted by Gasteiger charge is -2.21. The van der Waals surface area contributed by atoms with Crippen molar-refractivity contribution in [3.8, 4) is 0 Å². The number of likely N-dealkylation sites (tertiary alicyclic amines) is 1. The van der Waals surface area contributed by atoms with Crippen LogP contribution in [0.25, 0.3) is 0 Å². The van der Waals surface area contributed by atoms with Crippen LogP contribution in [0.1, 0.15) is 23.2 Å². The number of anilines is 1. The highest BCUT2D eigenvalue weighted by Crippen LogP contribution is 2.19. The molecule has 8 heteroatoms. The van der Waals surface area contributed by atoms with Gasteiger partial charge in [0.05, 0.1) is 10.6 Å². The molecule has 0 atom stereocenters. The van der Waals surface area contributed by atoms with Crippen LogP contribution in [0, 0.1) is 5.82 Å². The fourth-order valence-corrected chi connectivity index (χ4v) is 4.21. The highest BCUT2D eigenvalue weighted by molar-refractivity contribution is 7.92. The summed E-state index contributed by atoms with van der Waals surface area (Å²) in [7, 11) is -2.20. The van der Waals surface area contributed by atoms with Crippen molar-refractivity contribution < 1.29 is 17.6 Å². The second-order valence-electron chi connectivity index (χ2n) is 6.89. The van der Waals surface area contributed by atoms with Gasteiger partial charge < -0.3 is 9.80 Å². The van der Waals surface area contributed by atoms with Crippen LogP contribution in [-0.2, 0) is 10.0 Å². The third kappa shape index (κ3) is 4.88. The second kappa shape index (κ2) is 8.70. The molecule has 150 valence electrons. The zero-order valence-corrected chi connectivity index (χ0v) is 16.6. The Balaban J connectivity index is 1.64. The normalized spacial score (nSPS) is 14.8. The van der Waals surface area contributed by atoms with Gasteiger partial charge in [-0.1, -0.05) is 12.1 Å². The number of benzene rings is 2. The lowest BCUT2D eigenvalue weighted by atomic mass is 10.2. The van der Waals surface area contributed by atoms with Crippen LogP contribution in [0.3, 0.4) is 0 Å². The number of para-hydroxylation sites is 1. The Morgan fingerprint density at radius 2 is 1.75 bits per heavy atom. The first kappa shape index (κ1) is 20.3. The molecule has 1 fully saturated rings. The molecule has 1 saturated heterocycles. The third-order valence-electron chi connectivity index (χ3n) is 4.83. The van der Waals surface area contributed by atoms with E-state index >= 15 is 0 Å². The van der Waals surface area contributed by atoms with E-state index in [0.717, 1.165) is 19.6 Å². The number of hydrogen-bond donors (Lipinski definition) is 1. The summed E-state index contributed by atoms with van der Waals surface area (Å²) in [5.74, 6) is -0.817. The Morgan fingerprint density at radius 1 is 1.11 bits per heavy atom. The fraction of sp³-hybridized carbons (Fsp3) is 0.350. The Kier molecular flexibility index (Phi) is 6.31. The number of hydrogen-bond acceptors (Lipinski definition) is 4. The number of nitrogens with zero attached hydrogens (tertiary/aromatic N) is 2. The van der Waals surface area contributed by atoms with Gasteiger partial charge in [-0.05, 0) is 62.3 Å². The first-order chi connectivity index (χ1) is 13.4. The lowest BCUT2D eigenvalue weighted by molar-refractivity contribution is 0.0782. The standard InChI is InChI=1S/C20H24FN3O3S/c1-23(14-15-24-12-4-5-13-24)20(25)16-8-10-17(11-9-16)28(26,27)22-19-7-3-2-6-18(19)21/h2-3,6-11,22H,4-5,12-15H2,1H3. The van der Waals surface area contributed by atoms with E-state index in [2.05, 4.69) is 9.62 Å². The predicted molar refractivity (Wildman–Crippen MR) is 106 cm³/mol. The topological polar surface area (TPSA) is 69.7 Å².